The fourth-order valence-corrected chi connectivity index (χ4v) is 1.58. The summed E-state index contributed by atoms with van der Waals surface area (Å²) in [5, 5.41) is 2.63. The van der Waals surface area contributed by atoms with Crippen LogP contribution in [0, 0.1) is 0 Å². The van der Waals surface area contributed by atoms with Crippen molar-refractivity contribution in [3.63, 3.8) is 0 Å². The highest BCUT2D eigenvalue weighted by Crippen LogP contribution is 2.24. The molecule has 0 spiro atoms. The Bertz CT molecular complexity index is 385. The number of hydrogen-bond donors (Lipinski definition) is 1. The minimum atomic E-state index is -0.0678. The maximum absolute atomic E-state index is 11.5. The summed E-state index contributed by atoms with van der Waals surface area (Å²) in [4.78, 5) is 13.2. The number of rotatable bonds is 0. The van der Waals surface area contributed by atoms with Gasteiger partial charge in [-0.3, -0.25) is 4.90 Å². The lowest BCUT2D eigenvalue weighted by atomic mass is 10.1. The Morgan fingerprint density at radius 3 is 3.00 bits per heavy atom. The first-order valence-corrected chi connectivity index (χ1v) is 4.58. The van der Waals surface area contributed by atoms with E-state index in [0.29, 0.717) is 6.54 Å². The predicted molar refractivity (Wildman–Crippen MR) is 57.3 cm³/mol. The van der Waals surface area contributed by atoms with Gasteiger partial charge in [0.15, 0.2) is 0 Å². The second-order valence-corrected chi connectivity index (χ2v) is 3.13. The summed E-state index contributed by atoms with van der Waals surface area (Å²) >= 11 is 0. The normalized spacial score (nSPS) is 13.6. The van der Waals surface area contributed by atoms with Gasteiger partial charge in [0, 0.05) is 13.6 Å². The first-order valence-electron chi connectivity index (χ1n) is 4.58. The smallest absolute Gasteiger partial charge is 0.321 e. The molecule has 3 nitrogen and oxygen atoms in total. The molecular formula is C11H12N2O. The largest absolute Gasteiger partial charge is 0.341 e. The molecule has 0 atom stereocenters. The highest BCUT2D eigenvalue weighted by Gasteiger charge is 2.17. The molecule has 1 aromatic rings. The zero-order valence-corrected chi connectivity index (χ0v) is 8.03. The van der Waals surface area contributed by atoms with Crippen LogP contribution >= 0.6 is 0 Å². The lowest BCUT2D eigenvalue weighted by molar-refractivity contribution is 0.248. The maximum Gasteiger partial charge on any atom is 0.321 e. The van der Waals surface area contributed by atoms with E-state index in [1.807, 2.05) is 36.4 Å². The van der Waals surface area contributed by atoms with Crippen LogP contribution in [0.3, 0.4) is 0 Å². The van der Waals surface area contributed by atoms with E-state index in [2.05, 4.69) is 5.32 Å². The van der Waals surface area contributed by atoms with Crippen molar-refractivity contribution in [2.24, 2.45) is 0 Å². The van der Waals surface area contributed by atoms with Gasteiger partial charge in [0.05, 0.1) is 5.69 Å². The molecule has 0 saturated carbocycles. The molecule has 0 aliphatic carbocycles. The van der Waals surface area contributed by atoms with Crippen molar-refractivity contribution in [3.8, 4) is 0 Å². The summed E-state index contributed by atoms with van der Waals surface area (Å²) in [6, 6.07) is 7.79. The van der Waals surface area contributed by atoms with Crippen LogP contribution in [0.2, 0.25) is 0 Å². The zero-order valence-electron chi connectivity index (χ0n) is 8.03. The number of nitrogens with zero attached hydrogens (tertiary/aromatic N) is 1. The maximum atomic E-state index is 11.5. The molecule has 0 aromatic heterocycles. The molecule has 1 aliphatic rings. The van der Waals surface area contributed by atoms with Crippen LogP contribution in [0.4, 0.5) is 10.5 Å². The van der Waals surface area contributed by atoms with Gasteiger partial charge in [-0.15, -0.1) is 0 Å². The Morgan fingerprint density at radius 1 is 1.43 bits per heavy atom. The van der Waals surface area contributed by atoms with E-state index in [4.69, 9.17) is 0 Å². The Morgan fingerprint density at radius 2 is 2.21 bits per heavy atom. The van der Waals surface area contributed by atoms with E-state index in [1.54, 1.807) is 11.9 Å². The van der Waals surface area contributed by atoms with Gasteiger partial charge >= 0.3 is 6.03 Å². The molecule has 14 heavy (non-hydrogen) atoms. The van der Waals surface area contributed by atoms with Crippen molar-refractivity contribution < 1.29 is 4.79 Å². The van der Waals surface area contributed by atoms with Gasteiger partial charge in [-0.25, -0.2) is 4.79 Å². The fourth-order valence-electron chi connectivity index (χ4n) is 1.58. The van der Waals surface area contributed by atoms with Gasteiger partial charge in [0.2, 0.25) is 0 Å². The second-order valence-electron chi connectivity index (χ2n) is 3.13. The van der Waals surface area contributed by atoms with E-state index < -0.39 is 0 Å². The van der Waals surface area contributed by atoms with Crippen LogP contribution in [-0.4, -0.2) is 19.6 Å². The predicted octanol–water partition coefficient (Wildman–Crippen LogP) is 1.86. The van der Waals surface area contributed by atoms with Gasteiger partial charge in [-0.2, -0.15) is 0 Å². The summed E-state index contributed by atoms with van der Waals surface area (Å²) < 4.78 is 0. The van der Waals surface area contributed by atoms with Crippen LogP contribution in [0.5, 0.6) is 0 Å². The number of carbonyl (C=O) groups is 1. The molecule has 0 bridgehead atoms. The molecule has 0 radical (unpaired) electrons. The summed E-state index contributed by atoms with van der Waals surface area (Å²) in [5.74, 6) is 0. The monoisotopic (exact) mass is 188 g/mol. The lowest BCUT2D eigenvalue weighted by Crippen LogP contribution is -2.39. The molecule has 2 rings (SSSR count). The second kappa shape index (κ2) is 3.54. The first-order chi connectivity index (χ1) is 6.83. The van der Waals surface area contributed by atoms with E-state index in [9.17, 15) is 4.79 Å². The number of nitrogens with one attached hydrogen (secondary N) is 1. The zero-order chi connectivity index (χ0) is 9.97. The Kier molecular flexibility index (Phi) is 2.23. The molecule has 1 aromatic carbocycles. The van der Waals surface area contributed by atoms with E-state index in [0.717, 1.165) is 11.3 Å². The third kappa shape index (κ3) is 1.37. The molecular weight excluding hydrogens is 176 g/mol. The molecule has 2 amide bonds. The van der Waals surface area contributed by atoms with Crippen molar-refractivity contribution in [2.45, 2.75) is 0 Å². The highest BCUT2D eigenvalue weighted by atomic mass is 16.2. The van der Waals surface area contributed by atoms with Crippen molar-refractivity contribution in [1.82, 2.24) is 5.32 Å². The Hall–Kier alpha value is -1.77. The quantitative estimate of drug-likeness (QED) is 0.662. The standard InChI is InChI=1S/C11H12N2O/c1-12-11(14)13-8-4-6-9-5-2-3-7-10(9)13/h2-7H,8H2,1H3,(H,12,14). The van der Waals surface area contributed by atoms with Gasteiger partial charge < -0.3 is 5.32 Å². The van der Waals surface area contributed by atoms with Crippen LogP contribution in [0.1, 0.15) is 5.56 Å². The number of para-hydroxylation sites is 1. The van der Waals surface area contributed by atoms with Crippen molar-refractivity contribution in [2.75, 3.05) is 18.5 Å². The average molecular weight is 188 g/mol. The Labute approximate surface area is 83.0 Å². The van der Waals surface area contributed by atoms with E-state index >= 15 is 0 Å². The molecule has 1 aliphatic heterocycles. The highest BCUT2D eigenvalue weighted by molar-refractivity contribution is 5.95. The number of anilines is 1. The SMILES string of the molecule is CNC(=O)N1CC=Cc2ccccc21. The van der Waals surface area contributed by atoms with Crippen LogP contribution in [0.25, 0.3) is 6.08 Å². The number of amides is 2. The fraction of sp³-hybridized carbons (Fsp3) is 0.182. The third-order valence-electron chi connectivity index (χ3n) is 2.27. The van der Waals surface area contributed by atoms with Gasteiger partial charge in [-0.1, -0.05) is 30.4 Å². The number of urea groups is 1. The summed E-state index contributed by atoms with van der Waals surface area (Å²) in [7, 11) is 1.64. The minimum absolute atomic E-state index is 0.0678. The molecule has 3 heteroatoms. The first kappa shape index (κ1) is 8.81. The summed E-state index contributed by atoms with van der Waals surface area (Å²) in [5.41, 5.74) is 2.05. The van der Waals surface area contributed by atoms with Crippen molar-refractivity contribution >= 4 is 17.8 Å². The van der Waals surface area contributed by atoms with Gasteiger partial charge in [0.25, 0.3) is 0 Å². The van der Waals surface area contributed by atoms with Crippen molar-refractivity contribution in [1.29, 1.82) is 0 Å². The van der Waals surface area contributed by atoms with Gasteiger partial charge in [-0.05, 0) is 11.6 Å². The number of hydrogen-bond acceptors (Lipinski definition) is 1. The Balaban J connectivity index is 2.40. The number of benzene rings is 1. The number of fused-ring (bicyclic) bond motifs is 1. The third-order valence-corrected chi connectivity index (χ3v) is 2.27. The van der Waals surface area contributed by atoms with Crippen LogP contribution in [-0.2, 0) is 0 Å². The molecule has 72 valence electrons. The molecule has 0 unspecified atom stereocenters. The van der Waals surface area contributed by atoms with E-state index in [-0.39, 0.29) is 6.03 Å². The van der Waals surface area contributed by atoms with Crippen molar-refractivity contribution in [3.05, 3.63) is 35.9 Å². The van der Waals surface area contributed by atoms with Crippen LogP contribution < -0.4 is 10.2 Å². The molecule has 1 heterocycles. The molecule has 1 N–H and O–H groups in total. The molecule has 0 saturated heterocycles. The van der Waals surface area contributed by atoms with Gasteiger partial charge in [0.1, 0.15) is 0 Å². The average Bonchev–Trinajstić information content (AvgIpc) is 2.27. The topological polar surface area (TPSA) is 32.3 Å². The molecule has 0 fully saturated rings. The minimum Gasteiger partial charge on any atom is -0.341 e. The van der Waals surface area contributed by atoms with E-state index in [1.165, 1.54) is 0 Å². The number of carbonyl (C=O) groups excluding carboxylic acids is 1. The summed E-state index contributed by atoms with van der Waals surface area (Å²) in [6.45, 7) is 0.636. The summed E-state index contributed by atoms with van der Waals surface area (Å²) in [6.07, 6.45) is 4.02. The van der Waals surface area contributed by atoms with Crippen LogP contribution in [0.15, 0.2) is 30.3 Å². The lowest BCUT2D eigenvalue weighted by Gasteiger charge is -2.25.